The Labute approximate surface area is 82.5 Å². The Kier molecular flexibility index (Phi) is 2.85. The fourth-order valence-corrected chi connectivity index (χ4v) is 0.945. The lowest BCUT2D eigenvalue weighted by Crippen LogP contribution is -1.97. The normalized spacial score (nSPS) is 9.07. The number of benzene rings is 1. The lowest BCUT2D eigenvalue weighted by molar-refractivity contribution is -0.384. The minimum absolute atomic E-state index is 0.279. The van der Waals surface area contributed by atoms with Crippen LogP contribution in [0.15, 0.2) is 23.3 Å². The summed E-state index contributed by atoms with van der Waals surface area (Å²) < 4.78 is 0. The Morgan fingerprint density at radius 1 is 1.60 bits per heavy atom. The van der Waals surface area contributed by atoms with Crippen LogP contribution in [-0.4, -0.2) is 16.0 Å². The van der Waals surface area contributed by atoms with Gasteiger partial charge in [0.15, 0.2) is 0 Å². The number of rotatable bonds is 3. The summed E-state index contributed by atoms with van der Waals surface area (Å²) >= 11 is 0. The monoisotopic (exact) mass is 208 g/mol. The van der Waals surface area contributed by atoms with Crippen LogP contribution in [-0.2, 0) is 0 Å². The zero-order valence-electron chi connectivity index (χ0n) is 7.19. The van der Waals surface area contributed by atoms with Gasteiger partial charge in [0, 0.05) is 17.0 Å². The third-order valence-corrected chi connectivity index (χ3v) is 1.57. The third kappa shape index (κ3) is 2.20. The molecule has 1 aromatic rings. The summed E-state index contributed by atoms with van der Waals surface area (Å²) in [4.78, 5) is 22.7. The molecule has 0 aromatic heterocycles. The maximum absolute atomic E-state index is 10.6. The second kappa shape index (κ2) is 4.07. The van der Waals surface area contributed by atoms with E-state index in [9.17, 15) is 14.9 Å². The van der Waals surface area contributed by atoms with Gasteiger partial charge in [0.25, 0.3) is 5.69 Å². The molecule has 76 valence electrons. The Morgan fingerprint density at radius 3 is 2.73 bits per heavy atom. The van der Waals surface area contributed by atoms with Gasteiger partial charge < -0.3 is 5.11 Å². The van der Waals surface area contributed by atoms with Gasteiger partial charge in [-0.25, -0.2) is 4.79 Å². The number of carbonyl (C=O) groups is 1. The predicted molar refractivity (Wildman–Crippen MR) is 48.9 cm³/mol. The number of carboxylic acids is 1. The van der Waals surface area contributed by atoms with Crippen LogP contribution in [0.5, 0.6) is 0 Å². The molecule has 8 nitrogen and oxygen atoms in total. The molecule has 0 atom stereocenters. The molecule has 1 N–H and O–H groups in total. The SMILES string of the molecule is [N-]=[N+]=Nc1cc([N+](=O)[O-])ccc1C(=O)O. The average molecular weight is 208 g/mol. The van der Waals surface area contributed by atoms with Gasteiger partial charge in [0.1, 0.15) is 0 Å². The molecule has 1 rings (SSSR count). The van der Waals surface area contributed by atoms with E-state index in [-0.39, 0.29) is 16.9 Å². The number of nitrogens with zero attached hydrogens (tertiary/aromatic N) is 4. The van der Waals surface area contributed by atoms with Gasteiger partial charge in [-0.2, -0.15) is 0 Å². The summed E-state index contributed by atoms with van der Waals surface area (Å²) in [6.45, 7) is 0. The van der Waals surface area contributed by atoms with Gasteiger partial charge in [0.05, 0.1) is 16.2 Å². The molecular weight excluding hydrogens is 204 g/mol. The van der Waals surface area contributed by atoms with E-state index in [4.69, 9.17) is 10.6 Å². The molecule has 8 heteroatoms. The first-order chi connectivity index (χ1) is 7.06. The van der Waals surface area contributed by atoms with E-state index in [1.165, 1.54) is 0 Å². The van der Waals surface area contributed by atoms with E-state index in [1.807, 2.05) is 0 Å². The van der Waals surface area contributed by atoms with Gasteiger partial charge in [-0.05, 0) is 11.6 Å². The quantitative estimate of drug-likeness (QED) is 0.268. The van der Waals surface area contributed by atoms with Crippen molar-refractivity contribution in [3.05, 3.63) is 44.3 Å². The van der Waals surface area contributed by atoms with E-state index in [0.29, 0.717) is 0 Å². The van der Waals surface area contributed by atoms with Gasteiger partial charge in [-0.1, -0.05) is 5.11 Å². The Bertz CT molecular complexity index is 478. The fraction of sp³-hybridized carbons (Fsp3) is 0. The molecule has 0 spiro atoms. The number of nitro groups is 1. The highest BCUT2D eigenvalue weighted by Crippen LogP contribution is 2.25. The van der Waals surface area contributed by atoms with Crippen LogP contribution in [0.1, 0.15) is 10.4 Å². The lowest BCUT2D eigenvalue weighted by Gasteiger charge is -1.98. The molecule has 0 radical (unpaired) electrons. The van der Waals surface area contributed by atoms with Crippen molar-refractivity contribution >= 4 is 17.3 Å². The summed E-state index contributed by atoms with van der Waals surface area (Å²) in [5, 5.41) is 22.1. The molecule has 0 aliphatic heterocycles. The molecule has 0 aliphatic rings. The standard InChI is InChI=1S/C7H4N4O4/c8-10-9-6-3-4(11(14)15)1-2-5(6)7(12)13/h1-3H,(H,12,13). The largest absolute Gasteiger partial charge is 0.478 e. The molecule has 0 bridgehead atoms. The molecule has 0 unspecified atom stereocenters. The highest BCUT2D eigenvalue weighted by molar-refractivity contribution is 5.93. The van der Waals surface area contributed by atoms with Crippen molar-refractivity contribution < 1.29 is 14.8 Å². The zero-order chi connectivity index (χ0) is 11.4. The number of hydrogen-bond acceptors (Lipinski definition) is 4. The Hall–Kier alpha value is -2.60. The molecule has 0 amide bonds. The molecule has 0 saturated heterocycles. The van der Waals surface area contributed by atoms with Crippen molar-refractivity contribution in [2.75, 3.05) is 0 Å². The van der Waals surface area contributed by atoms with Gasteiger partial charge in [-0.15, -0.1) is 0 Å². The van der Waals surface area contributed by atoms with Gasteiger partial charge >= 0.3 is 5.97 Å². The van der Waals surface area contributed by atoms with Crippen LogP contribution in [0, 0.1) is 10.1 Å². The maximum Gasteiger partial charge on any atom is 0.336 e. The molecule has 0 saturated carbocycles. The van der Waals surface area contributed by atoms with E-state index in [2.05, 4.69) is 10.0 Å². The van der Waals surface area contributed by atoms with Crippen LogP contribution in [0.3, 0.4) is 0 Å². The topological polar surface area (TPSA) is 129 Å². The smallest absolute Gasteiger partial charge is 0.336 e. The minimum Gasteiger partial charge on any atom is -0.478 e. The number of nitro benzene ring substituents is 1. The average Bonchev–Trinajstić information content (AvgIpc) is 2.17. The van der Waals surface area contributed by atoms with Crippen molar-refractivity contribution in [2.45, 2.75) is 0 Å². The van der Waals surface area contributed by atoms with Crippen molar-refractivity contribution in [1.82, 2.24) is 0 Å². The van der Waals surface area contributed by atoms with E-state index >= 15 is 0 Å². The molecule has 0 heterocycles. The maximum atomic E-state index is 10.6. The predicted octanol–water partition coefficient (Wildman–Crippen LogP) is 2.23. The van der Waals surface area contributed by atoms with Crippen LogP contribution in [0.2, 0.25) is 0 Å². The first-order valence-corrected chi connectivity index (χ1v) is 3.63. The van der Waals surface area contributed by atoms with Crippen LogP contribution >= 0.6 is 0 Å². The zero-order valence-corrected chi connectivity index (χ0v) is 7.19. The van der Waals surface area contributed by atoms with Crippen LogP contribution in [0.25, 0.3) is 10.4 Å². The van der Waals surface area contributed by atoms with E-state index in [0.717, 1.165) is 18.2 Å². The van der Waals surface area contributed by atoms with E-state index < -0.39 is 10.9 Å². The lowest BCUT2D eigenvalue weighted by atomic mass is 10.1. The molecule has 1 aromatic carbocycles. The summed E-state index contributed by atoms with van der Waals surface area (Å²) in [6.07, 6.45) is 0. The highest BCUT2D eigenvalue weighted by atomic mass is 16.6. The van der Waals surface area contributed by atoms with Gasteiger partial charge in [0.2, 0.25) is 0 Å². The van der Waals surface area contributed by atoms with Gasteiger partial charge in [-0.3, -0.25) is 10.1 Å². The summed E-state index contributed by atoms with van der Waals surface area (Å²) in [6, 6.07) is 2.95. The number of azide groups is 1. The van der Waals surface area contributed by atoms with Crippen LogP contribution < -0.4 is 0 Å². The fourth-order valence-electron chi connectivity index (χ4n) is 0.945. The first-order valence-electron chi connectivity index (χ1n) is 3.63. The van der Waals surface area contributed by atoms with Crippen molar-refractivity contribution in [1.29, 1.82) is 0 Å². The van der Waals surface area contributed by atoms with E-state index in [1.54, 1.807) is 0 Å². The highest BCUT2D eigenvalue weighted by Gasteiger charge is 2.13. The van der Waals surface area contributed by atoms with Crippen molar-refractivity contribution in [3.63, 3.8) is 0 Å². The third-order valence-electron chi connectivity index (χ3n) is 1.57. The summed E-state index contributed by atoms with van der Waals surface area (Å²) in [5.74, 6) is -1.31. The molecule has 0 aliphatic carbocycles. The van der Waals surface area contributed by atoms with Crippen molar-refractivity contribution in [2.24, 2.45) is 5.11 Å². The molecule has 0 fully saturated rings. The summed E-state index contributed by atoms with van der Waals surface area (Å²) in [5.41, 5.74) is 7.26. The van der Waals surface area contributed by atoms with Crippen LogP contribution in [0.4, 0.5) is 11.4 Å². The number of aromatic carboxylic acids is 1. The van der Waals surface area contributed by atoms with Crippen molar-refractivity contribution in [3.8, 4) is 0 Å². The Balaban J connectivity index is 3.39. The number of hydrogen-bond donors (Lipinski definition) is 1. The Morgan fingerprint density at radius 2 is 2.27 bits per heavy atom. The molecular formula is C7H4N4O4. The second-order valence-electron chi connectivity index (χ2n) is 2.45. The number of carboxylic acid groups (broad SMARTS) is 1. The first kappa shape index (κ1) is 10.5. The minimum atomic E-state index is -1.31. The number of non-ortho nitro benzene ring substituents is 1. The molecule has 15 heavy (non-hydrogen) atoms. The second-order valence-corrected chi connectivity index (χ2v) is 2.45. The summed E-state index contributed by atoms with van der Waals surface area (Å²) in [7, 11) is 0.